The van der Waals surface area contributed by atoms with Gasteiger partial charge in [0.15, 0.2) is 5.82 Å². The molecule has 2 aromatic rings. The van der Waals surface area contributed by atoms with Crippen LogP contribution in [-0.4, -0.2) is 71.5 Å². The maximum atomic E-state index is 12.2. The first-order valence-corrected chi connectivity index (χ1v) is 10.1. The van der Waals surface area contributed by atoms with Crippen LogP contribution in [0.5, 0.6) is 0 Å². The largest absolute Gasteiger partial charge is 0.353 e. The Morgan fingerprint density at radius 3 is 2.57 bits per heavy atom. The summed E-state index contributed by atoms with van der Waals surface area (Å²) in [6, 6.07) is 12.2. The Hall–Kier alpha value is -2.47. The second kappa shape index (κ2) is 7.51. The second-order valence-corrected chi connectivity index (χ2v) is 8.19. The van der Waals surface area contributed by atoms with Crippen LogP contribution in [-0.2, 0) is 4.79 Å². The molecule has 3 heterocycles. The van der Waals surface area contributed by atoms with E-state index in [-0.39, 0.29) is 11.4 Å². The van der Waals surface area contributed by atoms with Crippen LogP contribution < -0.4 is 4.90 Å². The van der Waals surface area contributed by atoms with Gasteiger partial charge in [0.25, 0.3) is 0 Å². The maximum absolute atomic E-state index is 12.2. The fourth-order valence-electron chi connectivity index (χ4n) is 4.38. The van der Waals surface area contributed by atoms with E-state index in [1.807, 2.05) is 37.1 Å². The van der Waals surface area contributed by atoms with Gasteiger partial charge in [0, 0.05) is 62.5 Å². The number of aromatic nitrogens is 2. The number of nitrogens with zero attached hydrogens (tertiary/aromatic N) is 5. The minimum Gasteiger partial charge on any atom is -0.353 e. The van der Waals surface area contributed by atoms with Crippen molar-refractivity contribution in [2.45, 2.75) is 31.7 Å². The Bertz CT molecular complexity index is 855. The molecule has 6 heteroatoms. The van der Waals surface area contributed by atoms with Gasteiger partial charge in [-0.2, -0.15) is 0 Å². The number of likely N-dealkylation sites (N-methyl/N-ethyl adjacent to an activating group) is 1. The van der Waals surface area contributed by atoms with Gasteiger partial charge in [-0.15, -0.1) is 0 Å². The number of hydrogen-bond acceptors (Lipinski definition) is 5. The van der Waals surface area contributed by atoms with Crippen molar-refractivity contribution < 1.29 is 4.79 Å². The van der Waals surface area contributed by atoms with Gasteiger partial charge < -0.3 is 9.80 Å². The molecule has 0 N–H and O–H groups in total. The summed E-state index contributed by atoms with van der Waals surface area (Å²) in [4.78, 5) is 28.5. The van der Waals surface area contributed by atoms with Crippen molar-refractivity contribution in [2.75, 3.05) is 45.2 Å². The number of piperazine rings is 1. The lowest BCUT2D eigenvalue weighted by Crippen LogP contribution is -2.61. The highest BCUT2D eigenvalue weighted by molar-refractivity contribution is 5.76. The summed E-state index contributed by atoms with van der Waals surface area (Å²) in [7, 11) is 4.12. The summed E-state index contributed by atoms with van der Waals surface area (Å²) in [5.74, 6) is 2.02. The van der Waals surface area contributed by atoms with Gasteiger partial charge in [0.05, 0.1) is 0 Å². The van der Waals surface area contributed by atoms with Gasteiger partial charge in [-0.05, 0) is 26.8 Å². The Morgan fingerprint density at radius 2 is 1.79 bits per heavy atom. The van der Waals surface area contributed by atoms with Crippen LogP contribution in [0.15, 0.2) is 36.4 Å². The average molecular weight is 380 g/mol. The van der Waals surface area contributed by atoms with E-state index in [0.717, 1.165) is 61.9 Å². The van der Waals surface area contributed by atoms with Crippen LogP contribution >= 0.6 is 0 Å². The van der Waals surface area contributed by atoms with Crippen molar-refractivity contribution in [1.82, 2.24) is 19.8 Å². The summed E-state index contributed by atoms with van der Waals surface area (Å²) < 4.78 is 0. The van der Waals surface area contributed by atoms with Gasteiger partial charge in [-0.1, -0.05) is 30.3 Å². The van der Waals surface area contributed by atoms with Crippen LogP contribution in [0.2, 0.25) is 0 Å². The second-order valence-electron chi connectivity index (χ2n) is 8.19. The summed E-state index contributed by atoms with van der Waals surface area (Å²) in [6.45, 7) is 5.65. The summed E-state index contributed by atoms with van der Waals surface area (Å²) in [5, 5.41) is 0. The fraction of sp³-hybridized carbons (Fsp3) is 0.500. The van der Waals surface area contributed by atoms with Crippen LogP contribution in [0.4, 0.5) is 5.82 Å². The monoisotopic (exact) mass is 379 g/mol. The number of anilines is 1. The fourth-order valence-corrected chi connectivity index (χ4v) is 4.38. The first kappa shape index (κ1) is 18.9. The molecule has 1 aromatic heterocycles. The molecule has 2 saturated heterocycles. The molecule has 1 aromatic carbocycles. The molecule has 1 amide bonds. The molecule has 1 atom stereocenters. The Morgan fingerprint density at radius 1 is 1.00 bits per heavy atom. The summed E-state index contributed by atoms with van der Waals surface area (Å²) in [6.07, 6.45) is 2.52. The Balaban J connectivity index is 1.63. The Labute approximate surface area is 167 Å². The summed E-state index contributed by atoms with van der Waals surface area (Å²) in [5.41, 5.74) is 2.04. The molecule has 0 unspecified atom stereocenters. The predicted molar refractivity (Wildman–Crippen MR) is 111 cm³/mol. The van der Waals surface area contributed by atoms with Gasteiger partial charge >= 0.3 is 0 Å². The average Bonchev–Trinajstić information content (AvgIpc) is 2.85. The minimum absolute atomic E-state index is 0.0183. The van der Waals surface area contributed by atoms with Crippen LogP contribution in [0.25, 0.3) is 11.4 Å². The number of hydrogen-bond donors (Lipinski definition) is 0. The van der Waals surface area contributed by atoms with Crippen LogP contribution in [0.1, 0.15) is 25.0 Å². The lowest BCUT2D eigenvalue weighted by atomic mass is 9.86. The zero-order valence-electron chi connectivity index (χ0n) is 17.1. The molecule has 28 heavy (non-hydrogen) atoms. The molecule has 2 fully saturated rings. The molecule has 148 valence electrons. The van der Waals surface area contributed by atoms with E-state index in [4.69, 9.17) is 4.98 Å². The molecule has 6 nitrogen and oxygen atoms in total. The third-order valence-electron chi connectivity index (χ3n) is 6.34. The van der Waals surface area contributed by atoms with E-state index < -0.39 is 0 Å². The van der Waals surface area contributed by atoms with E-state index in [9.17, 15) is 4.79 Å². The van der Waals surface area contributed by atoms with E-state index in [1.165, 1.54) is 0 Å². The van der Waals surface area contributed by atoms with Crippen molar-refractivity contribution in [3.8, 4) is 11.4 Å². The number of rotatable bonds is 2. The van der Waals surface area contributed by atoms with E-state index in [0.29, 0.717) is 6.42 Å². The molecule has 4 rings (SSSR count). The first-order valence-electron chi connectivity index (χ1n) is 10.1. The predicted octanol–water partition coefficient (Wildman–Crippen LogP) is 2.58. The van der Waals surface area contributed by atoms with Crippen LogP contribution in [0.3, 0.4) is 0 Å². The zero-order chi connectivity index (χ0) is 19.7. The van der Waals surface area contributed by atoms with Crippen LogP contribution in [0, 0.1) is 6.92 Å². The number of carbonyl (C=O) groups excluding carboxylic acids is 1. The smallest absolute Gasteiger partial charge is 0.222 e. The van der Waals surface area contributed by atoms with E-state index in [1.54, 1.807) is 0 Å². The van der Waals surface area contributed by atoms with Crippen molar-refractivity contribution in [3.05, 3.63) is 42.1 Å². The van der Waals surface area contributed by atoms with Crippen molar-refractivity contribution >= 4 is 11.7 Å². The van der Waals surface area contributed by atoms with Gasteiger partial charge in [0.1, 0.15) is 5.82 Å². The zero-order valence-corrected chi connectivity index (χ0v) is 17.1. The van der Waals surface area contributed by atoms with Crippen molar-refractivity contribution in [3.63, 3.8) is 0 Å². The van der Waals surface area contributed by atoms with E-state index >= 15 is 0 Å². The third-order valence-corrected chi connectivity index (χ3v) is 6.34. The molecule has 2 aliphatic rings. The Kier molecular flexibility index (Phi) is 5.06. The number of amides is 1. The number of aryl methyl sites for hydroxylation is 1. The number of benzene rings is 1. The van der Waals surface area contributed by atoms with Crippen molar-refractivity contribution in [1.29, 1.82) is 0 Å². The first-order chi connectivity index (χ1) is 13.5. The molecule has 1 spiro atoms. The molecule has 0 aliphatic carbocycles. The van der Waals surface area contributed by atoms with Gasteiger partial charge in [-0.25, -0.2) is 9.97 Å². The molecular weight excluding hydrogens is 350 g/mol. The summed E-state index contributed by atoms with van der Waals surface area (Å²) >= 11 is 0. The number of likely N-dealkylation sites (tertiary alicyclic amines) is 1. The lowest BCUT2D eigenvalue weighted by Gasteiger charge is -2.49. The molecular formula is C22H29N5O. The van der Waals surface area contributed by atoms with E-state index in [2.05, 4.69) is 40.0 Å². The molecule has 0 saturated carbocycles. The highest BCUT2D eigenvalue weighted by Crippen LogP contribution is 2.33. The maximum Gasteiger partial charge on any atom is 0.222 e. The lowest BCUT2D eigenvalue weighted by molar-refractivity contribution is -0.129. The molecule has 0 radical (unpaired) electrons. The van der Waals surface area contributed by atoms with Crippen molar-refractivity contribution in [2.24, 2.45) is 0 Å². The number of carbonyl (C=O) groups is 1. The quantitative estimate of drug-likeness (QED) is 0.803. The highest BCUT2D eigenvalue weighted by atomic mass is 16.2. The highest BCUT2D eigenvalue weighted by Gasteiger charge is 2.42. The normalized spacial score (nSPS) is 23.9. The van der Waals surface area contributed by atoms with Gasteiger partial charge in [0.2, 0.25) is 5.91 Å². The molecule has 0 bridgehead atoms. The topological polar surface area (TPSA) is 52.6 Å². The van der Waals surface area contributed by atoms with Gasteiger partial charge in [-0.3, -0.25) is 9.69 Å². The third kappa shape index (κ3) is 3.61. The molecule has 2 aliphatic heterocycles. The standard InChI is InChI=1S/C22H29N5O/c1-17-15-19(24-21(23-17)18-7-5-4-6-8-18)27-14-13-26(3)22(16-27)10-9-20(28)25(2)12-11-22/h4-8,15H,9-14,16H2,1-3H3/t22-/m0/s1. The SMILES string of the molecule is Cc1cc(N2CCN(C)[C@]3(CCC(=O)N(C)CC3)C2)nc(-c2ccccc2)n1. The minimum atomic E-state index is 0.0183.